The van der Waals surface area contributed by atoms with Gasteiger partial charge in [-0.25, -0.2) is 0 Å². The number of allylic oxidation sites excluding steroid dienone is 1. The summed E-state index contributed by atoms with van der Waals surface area (Å²) in [7, 11) is -0.642. The van der Waals surface area contributed by atoms with Crippen LogP contribution < -0.4 is 0 Å². The molecular weight excluding hydrogens is 147 g/mol. The molecule has 0 aromatic rings. The van der Waals surface area contributed by atoms with Crippen molar-refractivity contribution in [3.63, 3.8) is 0 Å². The summed E-state index contributed by atoms with van der Waals surface area (Å²) in [5.74, 6) is 0. The monoisotopic (exact) mass is 160 g/mol. The van der Waals surface area contributed by atoms with E-state index < -0.39 is 8.38 Å². The minimum Gasteiger partial charge on any atom is -0.328 e. The van der Waals surface area contributed by atoms with Crippen molar-refractivity contribution in [2.75, 3.05) is 6.16 Å². The predicted molar refractivity (Wildman–Crippen MR) is 43.1 cm³/mol. The van der Waals surface area contributed by atoms with Gasteiger partial charge in [0, 0.05) is 6.16 Å². The summed E-state index contributed by atoms with van der Waals surface area (Å²) >= 11 is 0. The van der Waals surface area contributed by atoms with Crippen molar-refractivity contribution in [1.29, 1.82) is 0 Å². The first-order chi connectivity index (χ1) is 4.74. The molecule has 3 heteroatoms. The van der Waals surface area contributed by atoms with Crippen molar-refractivity contribution in [2.45, 2.75) is 26.1 Å². The van der Waals surface area contributed by atoms with E-state index in [1.807, 2.05) is 19.9 Å². The third-order valence-electron chi connectivity index (χ3n) is 1.51. The van der Waals surface area contributed by atoms with Gasteiger partial charge in [-0.15, -0.1) is 6.58 Å². The van der Waals surface area contributed by atoms with Crippen molar-refractivity contribution in [3.8, 4) is 0 Å². The summed E-state index contributed by atoms with van der Waals surface area (Å²) in [6.45, 7) is 7.71. The van der Waals surface area contributed by atoms with Crippen LogP contribution in [-0.4, -0.2) is 18.4 Å². The molecule has 0 spiro atoms. The molecule has 2 atom stereocenters. The molecule has 1 saturated heterocycles. The Labute approximate surface area is 63.1 Å². The first-order valence-electron chi connectivity index (χ1n) is 3.46. The zero-order chi connectivity index (χ0) is 7.56. The van der Waals surface area contributed by atoms with Crippen molar-refractivity contribution < 1.29 is 9.05 Å². The smallest absolute Gasteiger partial charge is 0.175 e. The van der Waals surface area contributed by atoms with Crippen molar-refractivity contribution >= 4 is 8.38 Å². The Bertz CT molecular complexity index is 117. The lowest BCUT2D eigenvalue weighted by atomic mass is 10.3. The molecule has 0 N–H and O–H groups in total. The van der Waals surface area contributed by atoms with Crippen LogP contribution in [0.25, 0.3) is 0 Å². The van der Waals surface area contributed by atoms with Gasteiger partial charge in [0.1, 0.15) is 0 Å². The molecule has 2 nitrogen and oxygen atoms in total. The van der Waals surface area contributed by atoms with Crippen LogP contribution in [-0.2, 0) is 9.05 Å². The lowest BCUT2D eigenvalue weighted by molar-refractivity contribution is 0.187. The van der Waals surface area contributed by atoms with E-state index in [9.17, 15) is 0 Å². The molecule has 2 unspecified atom stereocenters. The van der Waals surface area contributed by atoms with Gasteiger partial charge in [-0.05, 0) is 13.8 Å². The molecule has 10 heavy (non-hydrogen) atoms. The highest BCUT2D eigenvalue weighted by atomic mass is 31.2. The topological polar surface area (TPSA) is 18.5 Å². The lowest BCUT2D eigenvalue weighted by Gasteiger charge is -2.03. The molecule has 0 bridgehead atoms. The summed E-state index contributed by atoms with van der Waals surface area (Å²) in [4.78, 5) is 0. The molecule has 1 rings (SSSR count). The van der Waals surface area contributed by atoms with Gasteiger partial charge in [-0.1, -0.05) is 6.08 Å². The molecule has 0 aromatic carbocycles. The largest absolute Gasteiger partial charge is 0.328 e. The summed E-state index contributed by atoms with van der Waals surface area (Å²) in [6.07, 6.45) is 3.21. The Morgan fingerprint density at radius 2 is 1.90 bits per heavy atom. The van der Waals surface area contributed by atoms with E-state index in [1.165, 1.54) is 0 Å². The van der Waals surface area contributed by atoms with Gasteiger partial charge in [-0.3, -0.25) is 0 Å². The molecule has 1 fully saturated rings. The van der Waals surface area contributed by atoms with Crippen LogP contribution in [0.1, 0.15) is 13.8 Å². The molecule has 0 saturated carbocycles. The number of hydrogen-bond acceptors (Lipinski definition) is 2. The molecule has 0 radical (unpaired) electrons. The highest BCUT2D eigenvalue weighted by molar-refractivity contribution is 7.47. The maximum absolute atomic E-state index is 5.49. The fourth-order valence-electron chi connectivity index (χ4n) is 0.759. The van der Waals surface area contributed by atoms with Crippen LogP contribution in [0.4, 0.5) is 0 Å². The standard InChI is InChI=1S/C7H13O2P/c1-4-5-10-8-6(2)7(3)9-10/h4,6-7H,1,5H2,2-3H3. The van der Waals surface area contributed by atoms with Gasteiger partial charge in [-0.2, -0.15) is 0 Å². The third-order valence-corrected chi connectivity index (χ3v) is 3.20. The lowest BCUT2D eigenvalue weighted by Crippen LogP contribution is -2.13. The first-order valence-corrected chi connectivity index (χ1v) is 4.82. The van der Waals surface area contributed by atoms with Crippen LogP contribution >= 0.6 is 8.38 Å². The maximum Gasteiger partial charge on any atom is 0.175 e. The first kappa shape index (κ1) is 8.19. The molecular formula is C7H13O2P. The van der Waals surface area contributed by atoms with E-state index in [2.05, 4.69) is 6.58 Å². The average Bonchev–Trinajstić information content (AvgIpc) is 2.14. The van der Waals surface area contributed by atoms with Gasteiger partial charge in [0.15, 0.2) is 8.38 Å². The molecule has 0 amide bonds. The zero-order valence-electron chi connectivity index (χ0n) is 6.41. The minimum atomic E-state index is -0.642. The molecule has 1 aliphatic heterocycles. The van der Waals surface area contributed by atoms with Crippen LogP contribution in [0.5, 0.6) is 0 Å². The Kier molecular flexibility index (Phi) is 2.84. The third kappa shape index (κ3) is 1.79. The van der Waals surface area contributed by atoms with Gasteiger partial charge in [0.25, 0.3) is 0 Å². The summed E-state index contributed by atoms with van der Waals surface area (Å²) < 4.78 is 11.0. The fraction of sp³-hybridized carbons (Fsp3) is 0.714. The zero-order valence-corrected chi connectivity index (χ0v) is 7.30. The van der Waals surface area contributed by atoms with E-state index in [0.29, 0.717) is 0 Å². The Morgan fingerprint density at radius 3 is 2.30 bits per heavy atom. The van der Waals surface area contributed by atoms with E-state index in [0.717, 1.165) is 6.16 Å². The van der Waals surface area contributed by atoms with E-state index in [-0.39, 0.29) is 12.2 Å². The molecule has 1 heterocycles. The van der Waals surface area contributed by atoms with Crippen molar-refractivity contribution in [3.05, 3.63) is 12.7 Å². The Morgan fingerprint density at radius 1 is 1.40 bits per heavy atom. The summed E-state index contributed by atoms with van der Waals surface area (Å²) in [6, 6.07) is 0. The van der Waals surface area contributed by atoms with Crippen LogP contribution in [0.3, 0.4) is 0 Å². The molecule has 0 aliphatic carbocycles. The van der Waals surface area contributed by atoms with Crippen molar-refractivity contribution in [1.82, 2.24) is 0 Å². The van der Waals surface area contributed by atoms with Gasteiger partial charge >= 0.3 is 0 Å². The van der Waals surface area contributed by atoms with Crippen molar-refractivity contribution in [2.24, 2.45) is 0 Å². The Balaban J connectivity index is 2.33. The second kappa shape index (κ2) is 3.47. The van der Waals surface area contributed by atoms with Gasteiger partial charge in [0.2, 0.25) is 0 Å². The van der Waals surface area contributed by atoms with E-state index in [1.54, 1.807) is 0 Å². The quantitative estimate of drug-likeness (QED) is 0.456. The second-order valence-corrected chi connectivity index (χ2v) is 3.88. The minimum absolute atomic E-state index is 0.256. The number of hydrogen-bond donors (Lipinski definition) is 0. The fourth-order valence-corrected chi connectivity index (χ4v) is 2.28. The SMILES string of the molecule is C=CCP1OC(C)C(C)O1. The normalized spacial score (nSPS) is 40.0. The van der Waals surface area contributed by atoms with Crippen LogP contribution in [0.2, 0.25) is 0 Å². The summed E-state index contributed by atoms with van der Waals surface area (Å²) in [5.41, 5.74) is 0. The second-order valence-electron chi connectivity index (χ2n) is 2.43. The maximum atomic E-state index is 5.49. The number of rotatable bonds is 2. The molecule has 0 aromatic heterocycles. The predicted octanol–water partition coefficient (Wildman–Crippen LogP) is 2.31. The summed E-state index contributed by atoms with van der Waals surface area (Å²) in [5, 5.41) is 0. The highest BCUT2D eigenvalue weighted by Gasteiger charge is 2.29. The highest BCUT2D eigenvalue weighted by Crippen LogP contribution is 2.47. The van der Waals surface area contributed by atoms with Gasteiger partial charge < -0.3 is 9.05 Å². The van der Waals surface area contributed by atoms with Crippen LogP contribution in [0, 0.1) is 0 Å². The molecule has 1 aliphatic rings. The van der Waals surface area contributed by atoms with E-state index in [4.69, 9.17) is 9.05 Å². The van der Waals surface area contributed by atoms with Crippen LogP contribution in [0.15, 0.2) is 12.7 Å². The average molecular weight is 160 g/mol. The molecule has 58 valence electrons. The van der Waals surface area contributed by atoms with Gasteiger partial charge in [0.05, 0.1) is 12.2 Å². The Hall–Kier alpha value is 0.0900. The van der Waals surface area contributed by atoms with E-state index >= 15 is 0 Å².